The lowest BCUT2D eigenvalue weighted by molar-refractivity contribution is -0.385. The molecule has 1 rings (SSSR count). The van der Waals surface area contributed by atoms with Gasteiger partial charge in [0, 0.05) is 12.5 Å². The van der Waals surface area contributed by atoms with Gasteiger partial charge < -0.3 is 15.2 Å². The van der Waals surface area contributed by atoms with Gasteiger partial charge in [0.25, 0.3) is 5.91 Å². The lowest BCUT2D eigenvalue weighted by Gasteiger charge is -2.13. The molecule has 0 saturated heterocycles. The minimum atomic E-state index is -1.30. The van der Waals surface area contributed by atoms with Crippen molar-refractivity contribution in [1.29, 1.82) is 0 Å². The minimum absolute atomic E-state index is 0.144. The molecule has 1 aromatic rings. The van der Waals surface area contributed by atoms with Crippen LogP contribution in [-0.2, 0) is 4.79 Å². The molecule has 0 radical (unpaired) electrons. The van der Waals surface area contributed by atoms with Gasteiger partial charge in [-0.2, -0.15) is 0 Å². The van der Waals surface area contributed by atoms with Crippen LogP contribution in [0, 0.1) is 22.5 Å². The summed E-state index contributed by atoms with van der Waals surface area (Å²) in [6.07, 6.45) is 4.81. The molecule has 110 valence electrons. The maximum Gasteiger partial charge on any atom is 0.327 e. The molecule has 1 unspecified atom stereocenters. The summed E-state index contributed by atoms with van der Waals surface area (Å²) in [5.74, 6) is -0.238. The number of carbonyl (C=O) groups excluding carboxylic acids is 1. The quantitative estimate of drug-likeness (QED) is 0.455. The van der Waals surface area contributed by atoms with Crippen LogP contribution >= 0.6 is 0 Å². The molecule has 0 heterocycles. The predicted molar refractivity (Wildman–Crippen MR) is 72.0 cm³/mol. The number of para-hydroxylation sites is 1. The number of nitro benzene ring substituents is 1. The number of hydrogen-bond acceptors (Lipinski definition) is 5. The number of aliphatic carboxylic acids is 1. The van der Waals surface area contributed by atoms with E-state index in [2.05, 4.69) is 11.2 Å². The van der Waals surface area contributed by atoms with Crippen LogP contribution in [0.25, 0.3) is 0 Å². The third-order valence-electron chi connectivity index (χ3n) is 2.57. The van der Waals surface area contributed by atoms with E-state index in [1.54, 1.807) is 0 Å². The zero-order valence-electron chi connectivity index (χ0n) is 11.0. The molecule has 1 atom stereocenters. The highest BCUT2D eigenvalue weighted by atomic mass is 16.6. The van der Waals surface area contributed by atoms with E-state index in [4.69, 9.17) is 16.3 Å². The molecule has 0 bridgehead atoms. The van der Waals surface area contributed by atoms with E-state index in [0.29, 0.717) is 0 Å². The summed E-state index contributed by atoms with van der Waals surface area (Å²) in [5.41, 5.74) is -0.538. The van der Waals surface area contributed by atoms with Gasteiger partial charge in [-0.3, -0.25) is 14.9 Å². The molecule has 0 aromatic heterocycles. The molecular formula is C13H12N2O6. The van der Waals surface area contributed by atoms with Crippen molar-refractivity contribution < 1.29 is 24.4 Å². The molecule has 8 heteroatoms. The SMILES string of the molecule is C#CCC(NC(=O)c1cccc([N+](=O)[O-])c1OC)C(=O)O. The van der Waals surface area contributed by atoms with Gasteiger partial charge in [-0.15, -0.1) is 12.3 Å². The van der Waals surface area contributed by atoms with E-state index in [9.17, 15) is 19.7 Å². The first-order valence-electron chi connectivity index (χ1n) is 5.70. The molecule has 0 spiro atoms. The largest absolute Gasteiger partial charge is 0.490 e. The summed E-state index contributed by atoms with van der Waals surface area (Å²) in [6, 6.07) is 2.47. The third-order valence-corrected chi connectivity index (χ3v) is 2.57. The fourth-order valence-electron chi connectivity index (χ4n) is 1.62. The van der Waals surface area contributed by atoms with Gasteiger partial charge in [-0.25, -0.2) is 4.79 Å². The molecule has 21 heavy (non-hydrogen) atoms. The Bertz CT molecular complexity index is 620. The fourth-order valence-corrected chi connectivity index (χ4v) is 1.62. The average molecular weight is 292 g/mol. The lowest BCUT2D eigenvalue weighted by atomic mass is 10.1. The highest BCUT2D eigenvalue weighted by molar-refractivity contribution is 6.00. The van der Waals surface area contributed by atoms with E-state index < -0.39 is 28.5 Å². The summed E-state index contributed by atoms with van der Waals surface area (Å²) in [6.45, 7) is 0. The van der Waals surface area contributed by atoms with Crippen LogP contribution in [0.4, 0.5) is 5.69 Å². The Kier molecular flexibility index (Phi) is 5.25. The highest BCUT2D eigenvalue weighted by Gasteiger charge is 2.25. The standard InChI is InChI=1S/C13H12N2O6/c1-3-5-9(13(17)18)14-12(16)8-6-4-7-10(15(19)20)11(8)21-2/h1,4,6-7,9H,5H2,2H3,(H,14,16)(H,17,18). The number of nitrogens with zero attached hydrogens (tertiary/aromatic N) is 1. The average Bonchev–Trinajstić information content (AvgIpc) is 2.45. The zero-order valence-corrected chi connectivity index (χ0v) is 11.0. The Balaban J connectivity index is 3.13. The first-order valence-corrected chi connectivity index (χ1v) is 5.70. The molecule has 2 N–H and O–H groups in total. The van der Waals surface area contributed by atoms with E-state index in [1.165, 1.54) is 25.3 Å². The van der Waals surface area contributed by atoms with Gasteiger partial charge in [0.1, 0.15) is 6.04 Å². The van der Waals surface area contributed by atoms with Gasteiger partial charge in [-0.1, -0.05) is 6.07 Å². The summed E-state index contributed by atoms with van der Waals surface area (Å²) < 4.78 is 4.87. The number of carboxylic acids is 1. The Morgan fingerprint density at radius 1 is 1.57 bits per heavy atom. The molecule has 1 aromatic carbocycles. The first-order chi connectivity index (χ1) is 9.92. The summed E-state index contributed by atoms with van der Waals surface area (Å²) in [7, 11) is 1.18. The van der Waals surface area contributed by atoms with E-state index in [1.807, 2.05) is 0 Å². The molecule has 0 aliphatic heterocycles. The molecule has 1 amide bonds. The number of rotatable bonds is 6. The number of carboxylic acid groups (broad SMARTS) is 1. The number of nitro groups is 1. The summed E-state index contributed by atoms with van der Waals surface area (Å²) in [5, 5.41) is 22.0. The van der Waals surface area contributed by atoms with Crippen molar-refractivity contribution in [1.82, 2.24) is 5.32 Å². The normalized spacial score (nSPS) is 11.0. The minimum Gasteiger partial charge on any atom is -0.490 e. The Hall–Kier alpha value is -3.08. The molecule has 0 fully saturated rings. The number of nitrogens with one attached hydrogen (secondary N) is 1. The molecule has 8 nitrogen and oxygen atoms in total. The van der Waals surface area contributed by atoms with Gasteiger partial charge in [0.2, 0.25) is 5.75 Å². The molecule has 0 aliphatic carbocycles. The number of amides is 1. The first kappa shape index (κ1) is 16.0. The van der Waals surface area contributed by atoms with Gasteiger partial charge in [0.15, 0.2) is 0 Å². The maximum atomic E-state index is 12.0. The number of ether oxygens (including phenoxy) is 1. The van der Waals surface area contributed by atoms with Crippen molar-refractivity contribution in [3.05, 3.63) is 33.9 Å². The second-order valence-electron chi connectivity index (χ2n) is 3.89. The van der Waals surface area contributed by atoms with E-state index in [0.717, 1.165) is 0 Å². The Morgan fingerprint density at radius 3 is 2.71 bits per heavy atom. The number of benzene rings is 1. The lowest BCUT2D eigenvalue weighted by Crippen LogP contribution is -2.40. The van der Waals surface area contributed by atoms with Gasteiger partial charge in [-0.05, 0) is 6.07 Å². The van der Waals surface area contributed by atoms with Gasteiger partial charge >= 0.3 is 11.7 Å². The summed E-state index contributed by atoms with van der Waals surface area (Å²) >= 11 is 0. The highest BCUT2D eigenvalue weighted by Crippen LogP contribution is 2.30. The van der Waals surface area contributed by atoms with Crippen LogP contribution in [0.3, 0.4) is 0 Å². The zero-order chi connectivity index (χ0) is 16.0. The number of terminal acetylenes is 1. The fraction of sp³-hybridized carbons (Fsp3) is 0.231. The third kappa shape index (κ3) is 3.70. The summed E-state index contributed by atoms with van der Waals surface area (Å²) in [4.78, 5) is 33.1. The van der Waals surface area contributed by atoms with Crippen molar-refractivity contribution in [3.63, 3.8) is 0 Å². The van der Waals surface area contributed by atoms with Crippen molar-refractivity contribution in [2.24, 2.45) is 0 Å². The molecule has 0 aliphatic rings. The van der Waals surface area contributed by atoms with Crippen LogP contribution in [0.15, 0.2) is 18.2 Å². The monoisotopic (exact) mass is 292 g/mol. The van der Waals surface area contributed by atoms with Crippen LogP contribution in [0.5, 0.6) is 5.75 Å². The second kappa shape index (κ2) is 6.91. The number of hydrogen-bond donors (Lipinski definition) is 2. The molecule has 0 saturated carbocycles. The van der Waals surface area contributed by atoms with E-state index in [-0.39, 0.29) is 17.7 Å². The van der Waals surface area contributed by atoms with Crippen molar-refractivity contribution in [2.75, 3.05) is 7.11 Å². The Morgan fingerprint density at radius 2 is 2.24 bits per heavy atom. The van der Waals surface area contributed by atoms with Crippen LogP contribution in [0.2, 0.25) is 0 Å². The number of carbonyl (C=O) groups is 2. The van der Waals surface area contributed by atoms with Crippen LogP contribution in [0.1, 0.15) is 16.8 Å². The Labute approximate surface area is 119 Å². The predicted octanol–water partition coefficient (Wildman–Crippen LogP) is 0.810. The van der Waals surface area contributed by atoms with Crippen LogP contribution < -0.4 is 10.1 Å². The smallest absolute Gasteiger partial charge is 0.327 e. The van der Waals surface area contributed by atoms with Gasteiger partial charge in [0.05, 0.1) is 17.6 Å². The number of methoxy groups -OCH3 is 1. The van der Waals surface area contributed by atoms with E-state index >= 15 is 0 Å². The van der Waals surface area contributed by atoms with Crippen molar-refractivity contribution in [2.45, 2.75) is 12.5 Å². The van der Waals surface area contributed by atoms with Crippen molar-refractivity contribution >= 4 is 17.6 Å². The maximum absolute atomic E-state index is 12.0. The van der Waals surface area contributed by atoms with Crippen molar-refractivity contribution in [3.8, 4) is 18.1 Å². The second-order valence-corrected chi connectivity index (χ2v) is 3.89. The topological polar surface area (TPSA) is 119 Å². The molecular weight excluding hydrogens is 280 g/mol. The van der Waals surface area contributed by atoms with Crippen LogP contribution in [-0.4, -0.2) is 35.1 Å².